The van der Waals surface area contributed by atoms with Gasteiger partial charge in [-0.05, 0) is 47.7 Å². The lowest BCUT2D eigenvalue weighted by Crippen LogP contribution is -2.13. The molecule has 2 nitrogen and oxygen atoms in total. The summed E-state index contributed by atoms with van der Waals surface area (Å²) in [5.74, 6) is 0. The minimum Gasteiger partial charge on any atom is -0.358 e. The van der Waals surface area contributed by atoms with Crippen LogP contribution in [-0.2, 0) is 6.42 Å². The Morgan fingerprint density at radius 1 is 0.846 bits per heavy atom. The Kier molecular flexibility index (Phi) is 5.46. The van der Waals surface area contributed by atoms with E-state index in [9.17, 15) is 0 Å². The van der Waals surface area contributed by atoms with Gasteiger partial charge < -0.3 is 10.7 Å². The first kappa shape index (κ1) is 18.2. The first-order chi connectivity index (χ1) is 12.2. The molecule has 3 heteroatoms. The van der Waals surface area contributed by atoms with Crippen molar-refractivity contribution in [1.29, 1.82) is 0 Å². The zero-order valence-electron chi connectivity index (χ0n) is 14.8. The fraction of sp³-hybridized carbons (Fsp3) is 0.130. The van der Waals surface area contributed by atoms with Crippen LogP contribution in [0.5, 0.6) is 0 Å². The molecule has 1 heterocycles. The molecule has 0 aliphatic heterocycles. The van der Waals surface area contributed by atoms with E-state index < -0.39 is 0 Å². The highest BCUT2D eigenvalue weighted by Gasteiger charge is 2.14. The van der Waals surface area contributed by atoms with Crippen molar-refractivity contribution in [3.63, 3.8) is 0 Å². The molecular weight excluding hydrogens is 340 g/mol. The Bertz CT molecular complexity index is 991. The SMILES string of the molecule is Cc1[nH]c2ccc(-c3ccccc3)cc2c1CC(N)c1ccccc1.Cl. The molecule has 132 valence electrons. The standard InChI is InChI=1S/C23H22N2.ClH/c1-16-20(15-22(24)18-10-6-3-7-11-18)21-14-19(12-13-23(21)25-16)17-8-4-2-5-9-17;/h2-14,22,25H,15,24H2,1H3;1H. The largest absolute Gasteiger partial charge is 0.358 e. The van der Waals surface area contributed by atoms with Gasteiger partial charge in [-0.3, -0.25) is 0 Å². The Morgan fingerprint density at radius 2 is 1.50 bits per heavy atom. The third-order valence-electron chi connectivity index (χ3n) is 4.88. The topological polar surface area (TPSA) is 41.8 Å². The molecule has 4 rings (SSSR count). The molecule has 0 amide bonds. The van der Waals surface area contributed by atoms with Crippen LogP contribution >= 0.6 is 12.4 Å². The average molecular weight is 363 g/mol. The minimum absolute atomic E-state index is 0. The normalized spacial score (nSPS) is 11.9. The predicted molar refractivity (Wildman–Crippen MR) is 113 cm³/mol. The zero-order valence-corrected chi connectivity index (χ0v) is 15.6. The van der Waals surface area contributed by atoms with E-state index >= 15 is 0 Å². The van der Waals surface area contributed by atoms with Crippen LogP contribution in [0.3, 0.4) is 0 Å². The summed E-state index contributed by atoms with van der Waals surface area (Å²) in [5, 5.41) is 1.27. The van der Waals surface area contributed by atoms with Crippen LogP contribution in [0, 0.1) is 6.92 Å². The zero-order chi connectivity index (χ0) is 17.2. The second-order valence-corrected chi connectivity index (χ2v) is 6.58. The van der Waals surface area contributed by atoms with Gasteiger partial charge >= 0.3 is 0 Å². The molecule has 0 radical (unpaired) electrons. The summed E-state index contributed by atoms with van der Waals surface area (Å²) in [6.07, 6.45) is 0.827. The molecule has 1 atom stereocenters. The van der Waals surface area contributed by atoms with Gasteiger partial charge in [0.1, 0.15) is 0 Å². The van der Waals surface area contributed by atoms with Gasteiger partial charge in [-0.25, -0.2) is 0 Å². The lowest BCUT2D eigenvalue weighted by atomic mass is 9.96. The molecule has 0 fully saturated rings. The smallest absolute Gasteiger partial charge is 0.0459 e. The summed E-state index contributed by atoms with van der Waals surface area (Å²) in [6, 6.07) is 27.4. The van der Waals surface area contributed by atoms with Gasteiger partial charge in [-0.1, -0.05) is 66.7 Å². The highest BCUT2D eigenvalue weighted by Crippen LogP contribution is 2.30. The Hall–Kier alpha value is -2.55. The summed E-state index contributed by atoms with van der Waals surface area (Å²) in [4.78, 5) is 3.51. The first-order valence-corrected chi connectivity index (χ1v) is 8.69. The maximum absolute atomic E-state index is 6.48. The molecule has 0 saturated carbocycles. The van der Waals surface area contributed by atoms with Crippen LogP contribution in [0.1, 0.15) is 22.9 Å². The van der Waals surface area contributed by atoms with E-state index in [-0.39, 0.29) is 18.4 Å². The summed E-state index contributed by atoms with van der Waals surface area (Å²) in [7, 11) is 0. The molecule has 3 aromatic carbocycles. The van der Waals surface area contributed by atoms with Gasteiger partial charge in [0.25, 0.3) is 0 Å². The second-order valence-electron chi connectivity index (χ2n) is 6.58. The molecular formula is C23H23ClN2. The van der Waals surface area contributed by atoms with Crippen molar-refractivity contribution >= 4 is 23.3 Å². The molecule has 26 heavy (non-hydrogen) atoms. The molecule has 4 aromatic rings. The summed E-state index contributed by atoms with van der Waals surface area (Å²) in [5.41, 5.74) is 13.8. The molecule has 0 aliphatic rings. The van der Waals surface area contributed by atoms with Crippen LogP contribution in [0.4, 0.5) is 0 Å². The van der Waals surface area contributed by atoms with Gasteiger partial charge in [0.15, 0.2) is 0 Å². The van der Waals surface area contributed by atoms with Crippen LogP contribution in [0.25, 0.3) is 22.0 Å². The van der Waals surface area contributed by atoms with Crippen LogP contribution < -0.4 is 5.73 Å². The van der Waals surface area contributed by atoms with Gasteiger partial charge in [0, 0.05) is 22.6 Å². The molecule has 0 saturated heterocycles. The number of halogens is 1. The van der Waals surface area contributed by atoms with Crippen molar-refractivity contribution < 1.29 is 0 Å². The third kappa shape index (κ3) is 3.52. The lowest BCUT2D eigenvalue weighted by Gasteiger charge is -2.12. The lowest BCUT2D eigenvalue weighted by molar-refractivity contribution is 0.722. The average Bonchev–Trinajstić information content (AvgIpc) is 2.98. The maximum Gasteiger partial charge on any atom is 0.0459 e. The fourth-order valence-corrected chi connectivity index (χ4v) is 3.49. The van der Waals surface area contributed by atoms with E-state index in [1.807, 2.05) is 24.3 Å². The van der Waals surface area contributed by atoms with Gasteiger partial charge in [-0.15, -0.1) is 12.4 Å². The number of fused-ring (bicyclic) bond motifs is 1. The van der Waals surface area contributed by atoms with Crippen molar-refractivity contribution in [3.05, 3.63) is 95.7 Å². The number of hydrogen-bond acceptors (Lipinski definition) is 1. The molecule has 1 unspecified atom stereocenters. The van der Waals surface area contributed by atoms with Gasteiger partial charge in [0.2, 0.25) is 0 Å². The number of nitrogens with one attached hydrogen (secondary N) is 1. The number of rotatable bonds is 4. The van der Waals surface area contributed by atoms with E-state index in [1.165, 1.54) is 38.9 Å². The van der Waals surface area contributed by atoms with E-state index in [2.05, 4.69) is 66.5 Å². The predicted octanol–water partition coefficient (Wildman–Crippen LogP) is 5.81. The van der Waals surface area contributed by atoms with Crippen LogP contribution in [0.15, 0.2) is 78.9 Å². The van der Waals surface area contributed by atoms with E-state index in [1.54, 1.807) is 0 Å². The monoisotopic (exact) mass is 362 g/mol. The second kappa shape index (κ2) is 7.77. The van der Waals surface area contributed by atoms with Crippen molar-refractivity contribution in [2.75, 3.05) is 0 Å². The number of aryl methyl sites for hydroxylation is 1. The Labute approximate surface area is 160 Å². The summed E-state index contributed by atoms with van der Waals surface area (Å²) >= 11 is 0. The number of benzene rings is 3. The van der Waals surface area contributed by atoms with Crippen molar-refractivity contribution in [3.8, 4) is 11.1 Å². The van der Waals surface area contributed by atoms with Crippen molar-refractivity contribution in [2.24, 2.45) is 5.73 Å². The molecule has 1 aromatic heterocycles. The Balaban J connectivity index is 0.00000196. The van der Waals surface area contributed by atoms with Crippen LogP contribution in [-0.4, -0.2) is 4.98 Å². The third-order valence-corrected chi connectivity index (χ3v) is 4.88. The van der Waals surface area contributed by atoms with Crippen LogP contribution in [0.2, 0.25) is 0 Å². The van der Waals surface area contributed by atoms with E-state index in [0.29, 0.717) is 0 Å². The maximum atomic E-state index is 6.48. The van der Waals surface area contributed by atoms with E-state index in [0.717, 1.165) is 6.42 Å². The quantitative estimate of drug-likeness (QED) is 0.472. The number of hydrogen-bond donors (Lipinski definition) is 2. The number of aromatic amines is 1. The fourth-order valence-electron chi connectivity index (χ4n) is 3.49. The van der Waals surface area contributed by atoms with Crippen molar-refractivity contribution in [2.45, 2.75) is 19.4 Å². The first-order valence-electron chi connectivity index (χ1n) is 8.69. The summed E-state index contributed by atoms with van der Waals surface area (Å²) in [6.45, 7) is 2.13. The van der Waals surface area contributed by atoms with Gasteiger partial charge in [0.05, 0.1) is 0 Å². The number of nitrogens with two attached hydrogens (primary N) is 1. The molecule has 0 spiro atoms. The number of aromatic nitrogens is 1. The van der Waals surface area contributed by atoms with E-state index in [4.69, 9.17) is 5.73 Å². The highest BCUT2D eigenvalue weighted by atomic mass is 35.5. The number of H-pyrrole nitrogens is 1. The minimum atomic E-state index is -0.000665. The summed E-state index contributed by atoms with van der Waals surface area (Å²) < 4.78 is 0. The molecule has 0 aliphatic carbocycles. The molecule has 3 N–H and O–H groups in total. The molecule has 0 bridgehead atoms. The highest BCUT2D eigenvalue weighted by molar-refractivity contribution is 5.89. The van der Waals surface area contributed by atoms with Crippen molar-refractivity contribution in [1.82, 2.24) is 4.98 Å². The van der Waals surface area contributed by atoms with Gasteiger partial charge in [-0.2, -0.15) is 0 Å². The Morgan fingerprint density at radius 3 is 2.19 bits per heavy atom.